The van der Waals surface area contributed by atoms with E-state index in [1.807, 2.05) is 24.3 Å². The van der Waals surface area contributed by atoms with Crippen molar-refractivity contribution in [1.82, 2.24) is 14.5 Å². The van der Waals surface area contributed by atoms with Crippen LogP contribution in [-0.2, 0) is 16.4 Å². The first kappa shape index (κ1) is 22.9. The summed E-state index contributed by atoms with van der Waals surface area (Å²) in [6.07, 6.45) is 2.90. The lowest BCUT2D eigenvalue weighted by Gasteiger charge is -2.23. The summed E-state index contributed by atoms with van der Waals surface area (Å²) in [6, 6.07) is 7.71. The highest BCUT2D eigenvalue weighted by Crippen LogP contribution is 2.34. The van der Waals surface area contributed by atoms with Gasteiger partial charge in [0.15, 0.2) is 0 Å². The number of ether oxygens (including phenoxy) is 1. The van der Waals surface area contributed by atoms with Crippen molar-refractivity contribution in [2.45, 2.75) is 44.8 Å². The van der Waals surface area contributed by atoms with E-state index in [-0.39, 0.29) is 17.2 Å². The molecule has 2 fully saturated rings. The molecule has 2 heterocycles. The first-order chi connectivity index (χ1) is 14.3. The highest BCUT2D eigenvalue weighted by Gasteiger charge is 2.46. The number of nitrogens with one attached hydrogen (secondary N) is 1. The molecule has 2 saturated heterocycles. The Balaban J connectivity index is 1.48. The molecule has 2 atom stereocenters. The minimum Gasteiger partial charge on any atom is -0.497 e. The molecule has 3 rings (SSSR count). The lowest BCUT2D eigenvalue weighted by Crippen LogP contribution is -2.42. The van der Waals surface area contributed by atoms with Crippen LogP contribution in [0.4, 0.5) is 4.79 Å². The first-order valence-corrected chi connectivity index (χ1v) is 12.5. The van der Waals surface area contributed by atoms with E-state index in [0.29, 0.717) is 45.1 Å². The Morgan fingerprint density at radius 2 is 1.90 bits per heavy atom. The molecule has 2 aliphatic rings. The van der Waals surface area contributed by atoms with Gasteiger partial charge in [-0.05, 0) is 55.2 Å². The van der Waals surface area contributed by atoms with Crippen molar-refractivity contribution in [3.63, 3.8) is 0 Å². The second kappa shape index (κ2) is 10.0. The fraction of sp³-hybridized carbons (Fsp3) is 0.682. The number of hydrogen-bond donors (Lipinski definition) is 1. The number of methoxy groups -OCH3 is 1. The Kier molecular flexibility index (Phi) is 7.63. The lowest BCUT2D eigenvalue weighted by atomic mass is 10.0. The predicted molar refractivity (Wildman–Crippen MR) is 118 cm³/mol. The molecule has 0 unspecified atom stereocenters. The number of fused-ring (bicyclic) bond motifs is 1. The van der Waals surface area contributed by atoms with Crippen LogP contribution in [0.5, 0.6) is 5.75 Å². The molecule has 8 heteroatoms. The van der Waals surface area contributed by atoms with Gasteiger partial charge < -0.3 is 15.0 Å². The van der Waals surface area contributed by atoms with Crippen molar-refractivity contribution < 1.29 is 17.9 Å². The Bertz CT molecular complexity index is 810. The van der Waals surface area contributed by atoms with Crippen LogP contribution in [-0.4, -0.2) is 68.7 Å². The lowest BCUT2D eigenvalue weighted by molar-refractivity contribution is 0.198. The molecule has 1 N–H and O–H groups in total. The van der Waals surface area contributed by atoms with Gasteiger partial charge in [0.1, 0.15) is 5.75 Å². The molecule has 1 aromatic carbocycles. The smallest absolute Gasteiger partial charge is 0.317 e. The van der Waals surface area contributed by atoms with Gasteiger partial charge in [0.2, 0.25) is 10.0 Å². The number of hydrogen-bond acceptors (Lipinski definition) is 4. The maximum Gasteiger partial charge on any atom is 0.317 e. The van der Waals surface area contributed by atoms with Crippen LogP contribution in [0.25, 0.3) is 0 Å². The second-order valence-electron chi connectivity index (χ2n) is 8.78. The summed E-state index contributed by atoms with van der Waals surface area (Å²) in [7, 11) is -1.61. The van der Waals surface area contributed by atoms with Crippen molar-refractivity contribution in [3.8, 4) is 5.75 Å². The summed E-state index contributed by atoms with van der Waals surface area (Å²) in [4.78, 5) is 14.4. The maximum absolute atomic E-state index is 12.9. The van der Waals surface area contributed by atoms with Crippen LogP contribution in [0.15, 0.2) is 24.3 Å². The Hall–Kier alpha value is -1.80. The molecule has 30 heavy (non-hydrogen) atoms. The van der Waals surface area contributed by atoms with Crippen LogP contribution in [0.2, 0.25) is 0 Å². The van der Waals surface area contributed by atoms with E-state index >= 15 is 0 Å². The number of rotatable bonds is 7. The molecule has 0 spiro atoms. The number of urea groups is 1. The van der Waals surface area contributed by atoms with Gasteiger partial charge in [-0.3, -0.25) is 0 Å². The Labute approximate surface area is 180 Å². The van der Waals surface area contributed by atoms with E-state index in [0.717, 1.165) is 30.6 Å². The minimum atomic E-state index is -3.25. The fourth-order valence-electron chi connectivity index (χ4n) is 4.34. The SMILES string of the molecule is COc1ccc(CCNC(=O)N2CC[C@H]3CN(CCC(C)C)S(=O)(=O)[C@H]3CC2)cc1. The highest BCUT2D eigenvalue weighted by molar-refractivity contribution is 7.90. The third kappa shape index (κ3) is 5.46. The molecule has 2 aliphatic heterocycles. The topological polar surface area (TPSA) is 79.0 Å². The normalized spacial score (nSPS) is 23.8. The summed E-state index contributed by atoms with van der Waals surface area (Å²) in [5.41, 5.74) is 1.13. The molecule has 0 aromatic heterocycles. The van der Waals surface area contributed by atoms with Crippen molar-refractivity contribution >= 4 is 16.1 Å². The van der Waals surface area contributed by atoms with Crippen molar-refractivity contribution in [1.29, 1.82) is 0 Å². The van der Waals surface area contributed by atoms with Crippen LogP contribution >= 0.6 is 0 Å². The summed E-state index contributed by atoms with van der Waals surface area (Å²) in [5, 5.41) is 2.64. The molecule has 1 aromatic rings. The summed E-state index contributed by atoms with van der Waals surface area (Å²) in [6.45, 7) is 7.11. The molecule has 168 valence electrons. The molecule has 0 aliphatic carbocycles. The van der Waals surface area contributed by atoms with E-state index in [9.17, 15) is 13.2 Å². The number of carbonyl (C=O) groups excluding carboxylic acids is 1. The van der Waals surface area contributed by atoms with Gasteiger partial charge in [-0.1, -0.05) is 26.0 Å². The third-order valence-electron chi connectivity index (χ3n) is 6.25. The number of nitrogens with zero attached hydrogens (tertiary/aromatic N) is 2. The average molecular weight is 438 g/mol. The molecule has 0 saturated carbocycles. The Morgan fingerprint density at radius 3 is 2.57 bits per heavy atom. The van der Waals surface area contributed by atoms with E-state index < -0.39 is 10.0 Å². The van der Waals surface area contributed by atoms with E-state index in [1.54, 1.807) is 16.3 Å². The molecule has 0 radical (unpaired) electrons. The summed E-state index contributed by atoms with van der Waals surface area (Å²) in [5.74, 6) is 1.43. The van der Waals surface area contributed by atoms with Crippen LogP contribution < -0.4 is 10.1 Å². The molecule has 2 amide bonds. The van der Waals surface area contributed by atoms with Gasteiger partial charge in [0, 0.05) is 32.7 Å². The van der Waals surface area contributed by atoms with Crippen LogP contribution in [0.3, 0.4) is 0 Å². The van der Waals surface area contributed by atoms with E-state index in [2.05, 4.69) is 19.2 Å². The number of amides is 2. The third-order valence-corrected chi connectivity index (χ3v) is 8.69. The van der Waals surface area contributed by atoms with Crippen molar-refractivity contribution in [2.24, 2.45) is 11.8 Å². The van der Waals surface area contributed by atoms with Crippen LogP contribution in [0.1, 0.15) is 38.7 Å². The quantitative estimate of drug-likeness (QED) is 0.711. The van der Waals surface area contributed by atoms with Gasteiger partial charge in [-0.25, -0.2) is 17.5 Å². The second-order valence-corrected chi connectivity index (χ2v) is 10.9. The number of carbonyl (C=O) groups is 1. The fourth-order valence-corrected chi connectivity index (χ4v) is 6.59. The number of likely N-dealkylation sites (tertiary alicyclic amines) is 1. The molecular formula is C22H35N3O4S. The Morgan fingerprint density at radius 1 is 1.20 bits per heavy atom. The monoisotopic (exact) mass is 437 g/mol. The summed E-state index contributed by atoms with van der Waals surface area (Å²) >= 11 is 0. The zero-order valence-electron chi connectivity index (χ0n) is 18.3. The van der Waals surface area contributed by atoms with E-state index in [4.69, 9.17) is 4.74 Å². The largest absolute Gasteiger partial charge is 0.497 e. The molecule has 0 bridgehead atoms. The average Bonchev–Trinajstić information content (AvgIpc) is 2.85. The van der Waals surface area contributed by atoms with Gasteiger partial charge in [0.05, 0.1) is 12.4 Å². The maximum atomic E-state index is 12.9. The zero-order valence-corrected chi connectivity index (χ0v) is 19.2. The first-order valence-electron chi connectivity index (χ1n) is 11.0. The van der Waals surface area contributed by atoms with Crippen LogP contribution in [0, 0.1) is 11.8 Å². The van der Waals surface area contributed by atoms with Gasteiger partial charge in [-0.2, -0.15) is 0 Å². The van der Waals surface area contributed by atoms with Gasteiger partial charge in [0.25, 0.3) is 0 Å². The van der Waals surface area contributed by atoms with E-state index in [1.165, 1.54) is 0 Å². The van der Waals surface area contributed by atoms with Crippen molar-refractivity contribution in [2.75, 3.05) is 39.8 Å². The zero-order chi connectivity index (χ0) is 21.7. The predicted octanol–water partition coefficient (Wildman–Crippen LogP) is 2.72. The number of sulfonamides is 1. The minimum absolute atomic E-state index is 0.0995. The number of benzene rings is 1. The molecular weight excluding hydrogens is 402 g/mol. The van der Waals surface area contributed by atoms with Crippen molar-refractivity contribution in [3.05, 3.63) is 29.8 Å². The highest BCUT2D eigenvalue weighted by atomic mass is 32.2. The standard InChI is InChI=1S/C22H35N3O4S/c1-17(2)9-15-25-16-19-10-13-24(14-11-21(19)30(25,27)28)22(26)23-12-8-18-4-6-20(29-3)7-5-18/h4-7,17,19,21H,8-16H2,1-3H3,(H,23,26)/t19-,21-/m0/s1. The van der Waals surface area contributed by atoms with Gasteiger partial charge >= 0.3 is 6.03 Å². The molecule has 7 nitrogen and oxygen atoms in total. The van der Waals surface area contributed by atoms with Gasteiger partial charge in [-0.15, -0.1) is 0 Å². The summed E-state index contributed by atoms with van der Waals surface area (Å²) < 4.78 is 32.7.